The van der Waals surface area contributed by atoms with E-state index < -0.39 is 16.2 Å². The summed E-state index contributed by atoms with van der Waals surface area (Å²) in [4.78, 5) is 3.86. The molecule has 0 aliphatic rings. The fraction of sp³-hybridized carbons (Fsp3) is 0.261. The van der Waals surface area contributed by atoms with Crippen molar-refractivity contribution in [2.75, 3.05) is 10.8 Å². The number of sulfonamides is 1. The topological polar surface area (TPSA) is 59.5 Å². The molecule has 164 valence electrons. The van der Waals surface area contributed by atoms with Crippen molar-refractivity contribution < 1.29 is 17.5 Å². The Hall–Kier alpha value is -2.64. The van der Waals surface area contributed by atoms with E-state index in [1.807, 2.05) is 31.2 Å². The average molecular weight is 463 g/mol. The second kappa shape index (κ2) is 9.66. The van der Waals surface area contributed by atoms with Crippen molar-refractivity contribution in [3.63, 3.8) is 0 Å². The van der Waals surface area contributed by atoms with E-state index in [1.165, 1.54) is 31.5 Å². The molecule has 0 amide bonds. The maximum atomic E-state index is 14.1. The Kier molecular flexibility index (Phi) is 7.18. The second-order valence-corrected chi connectivity index (χ2v) is 9.62. The molecule has 2 aromatic carbocycles. The molecule has 0 aliphatic carbocycles. The lowest BCUT2D eigenvalue weighted by Crippen LogP contribution is -2.36. The molecule has 8 heteroatoms. The number of aromatic nitrogens is 1. The van der Waals surface area contributed by atoms with Crippen molar-refractivity contribution in [2.45, 2.75) is 38.4 Å². The van der Waals surface area contributed by atoms with Gasteiger partial charge in [-0.1, -0.05) is 41.4 Å². The molecule has 0 aliphatic heterocycles. The number of benzene rings is 2. The van der Waals surface area contributed by atoms with Crippen LogP contribution in [0, 0.1) is 13.8 Å². The third-order valence-electron chi connectivity index (χ3n) is 4.66. The fourth-order valence-corrected chi connectivity index (χ4v) is 4.64. The van der Waals surface area contributed by atoms with Crippen LogP contribution in [0.1, 0.15) is 23.6 Å². The Morgan fingerprint density at radius 1 is 1.16 bits per heavy atom. The molecule has 0 unspecified atom stereocenters. The third kappa shape index (κ3) is 5.54. The molecular formula is C23H24ClFN2O3S. The molecule has 0 fully saturated rings. The van der Waals surface area contributed by atoms with Crippen molar-refractivity contribution in [3.05, 3.63) is 82.6 Å². The largest absolute Gasteiger partial charge is 0.487 e. The first-order valence-electron chi connectivity index (χ1n) is 9.74. The highest BCUT2D eigenvalue weighted by Crippen LogP contribution is 2.37. The molecule has 0 saturated carbocycles. The summed E-state index contributed by atoms with van der Waals surface area (Å²) in [5, 5.41) is 0.426. The van der Waals surface area contributed by atoms with E-state index >= 15 is 0 Å². The molecule has 1 atom stereocenters. The molecule has 1 aromatic heterocycles. The second-order valence-electron chi connectivity index (χ2n) is 7.35. The Labute approximate surface area is 187 Å². The number of nitrogens with zero attached hydrogens (tertiary/aromatic N) is 2. The Bertz CT molecular complexity index is 1140. The fourth-order valence-electron chi connectivity index (χ4n) is 2.99. The van der Waals surface area contributed by atoms with Gasteiger partial charge >= 0.3 is 0 Å². The van der Waals surface area contributed by atoms with Crippen LogP contribution in [-0.2, 0) is 16.6 Å². The van der Waals surface area contributed by atoms with Crippen molar-refractivity contribution in [2.24, 2.45) is 0 Å². The Morgan fingerprint density at radius 2 is 1.87 bits per heavy atom. The lowest BCUT2D eigenvalue weighted by Gasteiger charge is -2.27. The van der Waals surface area contributed by atoms with E-state index in [-0.39, 0.29) is 29.5 Å². The van der Waals surface area contributed by atoms with Gasteiger partial charge in [0.05, 0.1) is 12.2 Å². The van der Waals surface area contributed by atoms with Crippen LogP contribution in [0.3, 0.4) is 0 Å². The lowest BCUT2D eigenvalue weighted by atomic mass is 10.1. The molecular weight excluding hydrogens is 439 g/mol. The normalized spacial score (nSPS) is 12.4. The lowest BCUT2D eigenvalue weighted by molar-refractivity contribution is 0.306. The highest BCUT2D eigenvalue weighted by Gasteiger charge is 2.30. The molecule has 0 radical (unpaired) electrons. The number of hydrogen-bond donors (Lipinski definition) is 0. The molecule has 0 bridgehead atoms. The summed E-state index contributed by atoms with van der Waals surface area (Å²) in [6.45, 7) is 4.88. The summed E-state index contributed by atoms with van der Waals surface area (Å²) in [6, 6.07) is 13.9. The van der Waals surface area contributed by atoms with Gasteiger partial charge in [-0.2, -0.15) is 0 Å². The van der Waals surface area contributed by atoms with Crippen LogP contribution in [0.4, 0.5) is 10.1 Å². The first-order chi connectivity index (χ1) is 14.7. The predicted octanol–water partition coefficient (Wildman–Crippen LogP) is 5.48. The molecule has 0 saturated heterocycles. The monoisotopic (exact) mass is 462 g/mol. The molecule has 3 aromatic rings. The van der Waals surface area contributed by atoms with Crippen molar-refractivity contribution in [1.29, 1.82) is 0 Å². The molecule has 3 rings (SSSR count). The van der Waals surface area contributed by atoms with Crippen LogP contribution < -0.4 is 9.04 Å². The standard InChI is InChI=1S/C23H24ClFN2O3S/c1-16-6-8-19(9-7-16)15-30-23-12-21(24)17(2)11-22(23)27(14-18(3)25)31(28,29)20-5-4-10-26-13-20/h4-13,18H,14-15H2,1-3H3/t18-/m1/s1. The summed E-state index contributed by atoms with van der Waals surface area (Å²) in [5.41, 5.74) is 2.90. The first kappa shape index (κ1) is 23.0. The summed E-state index contributed by atoms with van der Waals surface area (Å²) in [5.74, 6) is 0.254. The van der Waals surface area contributed by atoms with Crippen molar-refractivity contribution >= 4 is 27.3 Å². The van der Waals surface area contributed by atoms with Gasteiger partial charge in [-0.05, 0) is 50.1 Å². The zero-order valence-electron chi connectivity index (χ0n) is 17.5. The van der Waals surface area contributed by atoms with Gasteiger partial charge in [0, 0.05) is 23.5 Å². The number of halogens is 2. The summed E-state index contributed by atoms with van der Waals surface area (Å²) in [6.07, 6.45) is 1.30. The number of ether oxygens (including phenoxy) is 1. The number of alkyl halides is 1. The van der Waals surface area contributed by atoms with Crippen LogP contribution in [0.2, 0.25) is 5.02 Å². The van der Waals surface area contributed by atoms with Crippen LogP contribution in [0.5, 0.6) is 5.75 Å². The average Bonchev–Trinajstić information content (AvgIpc) is 2.74. The first-order valence-corrected chi connectivity index (χ1v) is 11.6. The minimum atomic E-state index is -4.08. The summed E-state index contributed by atoms with van der Waals surface area (Å²) in [7, 11) is -4.08. The van der Waals surface area contributed by atoms with Gasteiger partial charge in [-0.25, -0.2) is 12.8 Å². The van der Waals surface area contributed by atoms with Crippen LogP contribution in [-0.4, -0.2) is 26.1 Å². The molecule has 5 nitrogen and oxygen atoms in total. The summed E-state index contributed by atoms with van der Waals surface area (Å²) >= 11 is 6.30. The highest BCUT2D eigenvalue weighted by atomic mass is 35.5. The SMILES string of the molecule is Cc1ccc(COc2cc(Cl)c(C)cc2N(C[C@@H](C)F)S(=O)(=O)c2cccnc2)cc1. The molecule has 0 spiro atoms. The van der Waals surface area contributed by atoms with Crippen molar-refractivity contribution in [1.82, 2.24) is 4.98 Å². The maximum Gasteiger partial charge on any atom is 0.266 e. The summed E-state index contributed by atoms with van der Waals surface area (Å²) < 4.78 is 47.8. The van der Waals surface area contributed by atoms with Crippen LogP contribution in [0.25, 0.3) is 0 Å². The van der Waals surface area contributed by atoms with Gasteiger partial charge in [0.1, 0.15) is 23.4 Å². The van der Waals surface area contributed by atoms with Crippen molar-refractivity contribution in [3.8, 4) is 5.75 Å². The van der Waals surface area contributed by atoms with E-state index in [9.17, 15) is 12.8 Å². The highest BCUT2D eigenvalue weighted by molar-refractivity contribution is 7.92. The molecule has 1 heterocycles. The van der Waals surface area contributed by atoms with E-state index in [2.05, 4.69) is 4.98 Å². The zero-order chi connectivity index (χ0) is 22.6. The minimum absolute atomic E-state index is 0.0345. The van der Waals surface area contributed by atoms with Gasteiger partial charge in [-0.15, -0.1) is 0 Å². The van der Waals surface area contributed by atoms with Crippen LogP contribution in [0.15, 0.2) is 65.8 Å². The van der Waals surface area contributed by atoms with Gasteiger partial charge < -0.3 is 4.74 Å². The smallest absolute Gasteiger partial charge is 0.266 e. The van der Waals surface area contributed by atoms with Gasteiger partial charge in [0.15, 0.2) is 0 Å². The predicted molar refractivity (Wildman–Crippen MR) is 121 cm³/mol. The number of aryl methyl sites for hydroxylation is 2. The number of pyridine rings is 1. The molecule has 31 heavy (non-hydrogen) atoms. The number of rotatable bonds is 8. The van der Waals surface area contributed by atoms with Crippen LogP contribution >= 0.6 is 11.6 Å². The quantitative estimate of drug-likeness (QED) is 0.444. The van der Waals surface area contributed by atoms with Gasteiger partial charge in [0.2, 0.25) is 0 Å². The third-order valence-corrected chi connectivity index (χ3v) is 6.83. The van der Waals surface area contributed by atoms with E-state index in [0.717, 1.165) is 15.4 Å². The van der Waals surface area contributed by atoms with Gasteiger partial charge in [-0.3, -0.25) is 9.29 Å². The molecule has 0 N–H and O–H groups in total. The Morgan fingerprint density at radius 3 is 2.48 bits per heavy atom. The minimum Gasteiger partial charge on any atom is -0.487 e. The zero-order valence-corrected chi connectivity index (χ0v) is 19.1. The maximum absolute atomic E-state index is 14.1. The van der Waals surface area contributed by atoms with Gasteiger partial charge in [0.25, 0.3) is 10.0 Å². The number of hydrogen-bond acceptors (Lipinski definition) is 4. The Balaban J connectivity index is 2.05. The van der Waals surface area contributed by atoms with E-state index in [4.69, 9.17) is 16.3 Å². The number of anilines is 1. The van der Waals surface area contributed by atoms with E-state index in [1.54, 1.807) is 19.1 Å². The van der Waals surface area contributed by atoms with E-state index in [0.29, 0.717) is 10.6 Å².